The number of allylic oxidation sites excluding steroid dienone is 2. The molecular weight excluding hydrogens is 819 g/mol. The van der Waals surface area contributed by atoms with Gasteiger partial charge in [-0.25, -0.2) is 0 Å². The number of pyridine rings is 1. The van der Waals surface area contributed by atoms with Crippen LogP contribution >= 0.6 is 22.7 Å². The van der Waals surface area contributed by atoms with Crippen LogP contribution < -0.4 is 0 Å². The number of thiophene rings is 2. The van der Waals surface area contributed by atoms with Crippen molar-refractivity contribution in [2.45, 2.75) is 100 Å². The van der Waals surface area contributed by atoms with Crippen molar-refractivity contribution in [1.82, 2.24) is 4.98 Å². The molecule has 3 heterocycles. The molecule has 0 aliphatic carbocycles. The van der Waals surface area contributed by atoms with Crippen LogP contribution in [0.5, 0.6) is 0 Å². The van der Waals surface area contributed by atoms with Gasteiger partial charge in [-0.2, -0.15) is 0 Å². The smallest absolute Gasteiger partial charge is 0.164 e. The molecule has 3 aromatic carbocycles. The van der Waals surface area contributed by atoms with E-state index in [2.05, 4.69) is 87.7 Å². The van der Waals surface area contributed by atoms with Gasteiger partial charge in [0, 0.05) is 68.4 Å². The number of carbonyl (C=O) groups is 1. The number of carbonyl (C=O) groups excluding carboxylic acids is 1. The number of fused-ring (bicyclic) bond motifs is 6. The van der Waals surface area contributed by atoms with Gasteiger partial charge >= 0.3 is 0 Å². The molecule has 0 unspecified atom stereocenters. The summed E-state index contributed by atoms with van der Waals surface area (Å²) < 4.78 is 3.99. The van der Waals surface area contributed by atoms with E-state index in [0.29, 0.717) is 0 Å². The minimum absolute atomic E-state index is 0. The number of nitrogens with zero attached hydrogens (tertiary/aromatic N) is 1. The summed E-state index contributed by atoms with van der Waals surface area (Å²) in [5.41, 5.74) is 4.24. The van der Waals surface area contributed by atoms with Crippen LogP contribution in [0.1, 0.15) is 99.1 Å². The normalized spacial score (nSPS) is 12.7. The molecule has 0 saturated carbocycles. The molecule has 0 aliphatic heterocycles. The van der Waals surface area contributed by atoms with Crippen molar-refractivity contribution in [3.05, 3.63) is 89.1 Å². The van der Waals surface area contributed by atoms with Crippen molar-refractivity contribution < 1.29 is 30.0 Å². The molecule has 6 heteroatoms. The van der Waals surface area contributed by atoms with Crippen LogP contribution in [0.15, 0.2) is 71.9 Å². The summed E-state index contributed by atoms with van der Waals surface area (Å²) in [4.78, 5) is 17.1. The fraction of sp³-hybridized carbons (Fsp3) is 0.395. The molecule has 0 fully saturated rings. The number of rotatable bonds is 8. The predicted octanol–water partition coefficient (Wildman–Crippen LogP) is 13.5. The summed E-state index contributed by atoms with van der Waals surface area (Å²) in [5, 5.41) is 18.8. The molecule has 0 spiro atoms. The first-order valence-corrected chi connectivity index (χ1v) is 19.0. The maximum atomic E-state index is 12.2. The second-order valence-corrected chi connectivity index (χ2v) is 16.7. The second-order valence-electron chi connectivity index (χ2n) is 14.7. The Balaban J connectivity index is 0.000000260. The number of aromatic nitrogens is 1. The average molecular weight is 869 g/mol. The van der Waals surface area contributed by atoms with E-state index >= 15 is 0 Å². The minimum Gasteiger partial charge on any atom is -0.512 e. The number of aliphatic hydroxyl groups excluding tert-OH is 1. The van der Waals surface area contributed by atoms with Gasteiger partial charge < -0.3 is 5.11 Å². The van der Waals surface area contributed by atoms with Crippen molar-refractivity contribution in [1.29, 1.82) is 0 Å². The molecule has 0 saturated heterocycles. The molecule has 3 aromatic heterocycles. The van der Waals surface area contributed by atoms with E-state index in [0.717, 1.165) is 42.3 Å². The van der Waals surface area contributed by atoms with E-state index in [-0.39, 0.29) is 47.9 Å². The van der Waals surface area contributed by atoms with E-state index in [4.69, 9.17) is 4.98 Å². The third-order valence-corrected chi connectivity index (χ3v) is 13.0. The Morgan fingerprint density at radius 1 is 0.857 bits per heavy atom. The van der Waals surface area contributed by atoms with Gasteiger partial charge in [-0.05, 0) is 71.9 Å². The van der Waals surface area contributed by atoms with E-state index in [1.165, 1.54) is 52.8 Å². The summed E-state index contributed by atoms with van der Waals surface area (Å²) in [6.07, 6.45) is 6.70. The van der Waals surface area contributed by atoms with Crippen molar-refractivity contribution in [2.75, 3.05) is 0 Å². The zero-order chi connectivity index (χ0) is 35.0. The Morgan fingerprint density at radius 2 is 1.49 bits per heavy atom. The number of hydrogen-bond acceptors (Lipinski definition) is 5. The Bertz CT molecular complexity index is 2140. The van der Waals surface area contributed by atoms with Crippen LogP contribution in [-0.4, -0.2) is 15.9 Å². The van der Waals surface area contributed by atoms with E-state index < -0.39 is 0 Å². The Labute approximate surface area is 314 Å². The van der Waals surface area contributed by atoms with Gasteiger partial charge in [0.15, 0.2) is 5.78 Å². The standard InChI is InChI=1S/C28H22NS2.C15H28O2.Ir/c1-16-15-30-27-19(16)9-10-22-25(27)24-23(31-22)11-12-29-26(24)18-13-17-7-5-6-8-20(17)21(14-18)28(2,3)4;1-7-14(5,8-2)12(16)11-13(17)15(6,9-3)10-4;/h5-12,14-15H,1-4H3;11,16H,7-10H2,1-6H3;/q-1;;/b;12-11-;. The van der Waals surface area contributed by atoms with Crippen LogP contribution in [0.4, 0.5) is 0 Å². The maximum absolute atomic E-state index is 12.2. The SMILES string of the molecule is CCC(C)(CC)C(=O)/C=C(\O)C(C)(CC)CC.Cc1csc2c1ccc1sc3ccnc(-c4[c-]c5ccccc5c(C(C)(C)C)c4)c3c12.[Ir]. The van der Waals surface area contributed by atoms with Crippen molar-refractivity contribution in [3.8, 4) is 11.3 Å². The zero-order valence-electron chi connectivity index (χ0n) is 30.6. The molecule has 6 rings (SSSR count). The molecule has 1 N–H and O–H groups in total. The molecule has 6 aromatic rings. The van der Waals surface area contributed by atoms with Gasteiger partial charge in [0.1, 0.15) is 5.76 Å². The molecule has 49 heavy (non-hydrogen) atoms. The van der Waals surface area contributed by atoms with E-state index in [1.54, 1.807) is 0 Å². The quantitative estimate of drug-likeness (QED) is 0.0942. The molecule has 261 valence electrons. The first-order valence-electron chi connectivity index (χ1n) is 17.3. The number of benzene rings is 3. The van der Waals surface area contributed by atoms with Crippen LogP contribution in [0.3, 0.4) is 0 Å². The van der Waals surface area contributed by atoms with Gasteiger partial charge in [-0.1, -0.05) is 97.5 Å². The van der Waals surface area contributed by atoms with Gasteiger partial charge in [0.2, 0.25) is 0 Å². The van der Waals surface area contributed by atoms with Crippen molar-refractivity contribution in [2.24, 2.45) is 10.8 Å². The molecular formula is C43H50IrNO2S2-. The van der Waals surface area contributed by atoms with E-state index in [9.17, 15) is 9.90 Å². The first-order chi connectivity index (χ1) is 22.7. The monoisotopic (exact) mass is 869 g/mol. The molecule has 0 bridgehead atoms. The molecule has 0 amide bonds. The molecule has 1 radical (unpaired) electrons. The van der Waals surface area contributed by atoms with Crippen molar-refractivity contribution >= 4 is 69.5 Å². The molecule has 3 nitrogen and oxygen atoms in total. The first kappa shape index (κ1) is 38.9. The van der Waals surface area contributed by atoms with Crippen molar-refractivity contribution in [3.63, 3.8) is 0 Å². The van der Waals surface area contributed by atoms with Gasteiger partial charge in [-0.3, -0.25) is 9.78 Å². The number of aliphatic hydroxyl groups is 1. The maximum Gasteiger partial charge on any atom is 0.164 e. The fourth-order valence-electron chi connectivity index (χ4n) is 6.29. The summed E-state index contributed by atoms with van der Waals surface area (Å²) in [6, 6.07) is 21.3. The van der Waals surface area contributed by atoms with Crippen LogP contribution in [0, 0.1) is 23.8 Å². The Kier molecular flexibility index (Phi) is 12.0. The predicted molar refractivity (Wildman–Crippen MR) is 211 cm³/mol. The summed E-state index contributed by atoms with van der Waals surface area (Å²) in [5.74, 6) is 0.286. The van der Waals surface area contributed by atoms with Crippen LogP contribution in [-0.2, 0) is 30.3 Å². The number of ketones is 1. The molecule has 0 aliphatic rings. The van der Waals surface area contributed by atoms with Gasteiger partial charge in [-0.15, -0.1) is 51.8 Å². The molecule has 0 atom stereocenters. The number of hydrogen-bond donors (Lipinski definition) is 1. The van der Waals surface area contributed by atoms with Crippen LogP contribution in [0.25, 0.3) is 52.3 Å². The number of aryl methyl sites for hydroxylation is 1. The zero-order valence-corrected chi connectivity index (χ0v) is 34.7. The second kappa shape index (κ2) is 15.2. The summed E-state index contributed by atoms with van der Waals surface area (Å²) >= 11 is 3.71. The third-order valence-electron chi connectivity index (χ3n) is 10.7. The summed E-state index contributed by atoms with van der Waals surface area (Å²) in [7, 11) is 0. The Hall–Kier alpha value is -2.89. The largest absolute Gasteiger partial charge is 0.512 e. The fourth-order valence-corrected chi connectivity index (χ4v) is 8.57. The van der Waals surface area contributed by atoms with Gasteiger partial charge in [0.25, 0.3) is 0 Å². The van der Waals surface area contributed by atoms with E-state index in [1.807, 2.05) is 70.4 Å². The topological polar surface area (TPSA) is 50.2 Å². The third kappa shape index (κ3) is 7.45. The van der Waals surface area contributed by atoms with Crippen LogP contribution in [0.2, 0.25) is 0 Å². The summed E-state index contributed by atoms with van der Waals surface area (Å²) in [6.45, 7) is 21.1. The van der Waals surface area contributed by atoms with Gasteiger partial charge in [0.05, 0.1) is 0 Å². The Morgan fingerprint density at radius 3 is 2.12 bits per heavy atom. The minimum atomic E-state index is -0.337. The average Bonchev–Trinajstić information content (AvgIpc) is 3.66.